The molecule has 0 amide bonds. The van der Waals surface area contributed by atoms with Crippen LogP contribution in [0.25, 0.3) is 11.4 Å². The molecule has 0 atom stereocenters. The third kappa shape index (κ3) is 6.07. The van der Waals surface area contributed by atoms with Crippen molar-refractivity contribution in [2.75, 3.05) is 13.2 Å². The number of hydrogen-bond acceptors (Lipinski definition) is 6. The zero-order valence-corrected chi connectivity index (χ0v) is 11.9. The van der Waals surface area contributed by atoms with Crippen molar-refractivity contribution < 1.29 is 32.0 Å². The van der Waals surface area contributed by atoms with Crippen LogP contribution in [-0.2, 0) is 20.9 Å². The summed E-state index contributed by atoms with van der Waals surface area (Å²) in [5, 5.41) is 3.74. The molecular weight excluding hydrogens is 317 g/mol. The predicted molar refractivity (Wildman–Crippen MR) is 71.0 cm³/mol. The predicted octanol–water partition coefficient (Wildman–Crippen LogP) is 2.75. The highest BCUT2D eigenvalue weighted by Gasteiger charge is 2.27. The van der Waals surface area contributed by atoms with Crippen LogP contribution in [0.3, 0.4) is 0 Å². The van der Waals surface area contributed by atoms with Crippen molar-refractivity contribution in [1.82, 2.24) is 10.1 Å². The zero-order valence-electron chi connectivity index (χ0n) is 11.9. The molecule has 0 bridgehead atoms. The molecular formula is C14H13F3N2O4. The number of benzene rings is 1. The number of ether oxygens (including phenoxy) is 2. The molecule has 1 aromatic carbocycles. The first-order chi connectivity index (χ1) is 10.9. The van der Waals surface area contributed by atoms with Crippen molar-refractivity contribution in [1.29, 1.82) is 0 Å². The van der Waals surface area contributed by atoms with E-state index in [4.69, 9.17) is 9.26 Å². The third-order valence-electron chi connectivity index (χ3n) is 2.57. The molecule has 23 heavy (non-hydrogen) atoms. The van der Waals surface area contributed by atoms with Crippen LogP contribution in [0.5, 0.6) is 0 Å². The highest BCUT2D eigenvalue weighted by Crippen LogP contribution is 2.16. The van der Waals surface area contributed by atoms with E-state index in [1.807, 2.05) is 18.2 Å². The minimum atomic E-state index is -4.42. The fourth-order valence-corrected chi connectivity index (χ4v) is 1.58. The van der Waals surface area contributed by atoms with Crippen molar-refractivity contribution in [2.24, 2.45) is 0 Å². The van der Waals surface area contributed by atoms with Gasteiger partial charge in [0.15, 0.2) is 6.61 Å². The van der Waals surface area contributed by atoms with Crippen molar-refractivity contribution >= 4 is 5.97 Å². The van der Waals surface area contributed by atoms with Crippen molar-refractivity contribution in [3.05, 3.63) is 36.2 Å². The molecule has 0 saturated heterocycles. The van der Waals surface area contributed by atoms with Gasteiger partial charge in [0.2, 0.25) is 5.82 Å². The number of carbonyl (C=O) groups is 1. The summed E-state index contributed by atoms with van der Waals surface area (Å²) in [6, 6.07) is 9.04. The molecule has 0 fully saturated rings. The Morgan fingerprint density at radius 3 is 2.65 bits per heavy atom. The summed E-state index contributed by atoms with van der Waals surface area (Å²) in [7, 11) is 0. The number of esters is 1. The Balaban J connectivity index is 1.72. The summed E-state index contributed by atoms with van der Waals surface area (Å²) in [6.07, 6.45) is -4.71. The number of halogens is 3. The molecule has 0 radical (unpaired) electrons. The second kappa shape index (κ2) is 7.73. The largest absolute Gasteiger partial charge is 0.455 e. The van der Waals surface area contributed by atoms with E-state index in [-0.39, 0.29) is 25.5 Å². The van der Waals surface area contributed by atoms with Crippen LogP contribution in [0.4, 0.5) is 13.2 Å². The van der Waals surface area contributed by atoms with E-state index in [0.717, 1.165) is 5.56 Å². The average Bonchev–Trinajstić information content (AvgIpc) is 2.98. The van der Waals surface area contributed by atoms with Gasteiger partial charge in [-0.2, -0.15) is 18.2 Å². The minimum absolute atomic E-state index is 0.0911. The highest BCUT2D eigenvalue weighted by molar-refractivity contribution is 5.69. The van der Waals surface area contributed by atoms with Crippen molar-refractivity contribution in [3.63, 3.8) is 0 Å². The third-order valence-corrected chi connectivity index (χ3v) is 2.57. The molecule has 0 aliphatic rings. The summed E-state index contributed by atoms with van der Waals surface area (Å²) >= 11 is 0. The van der Waals surface area contributed by atoms with Crippen LogP contribution in [-0.4, -0.2) is 35.5 Å². The lowest BCUT2D eigenvalue weighted by Crippen LogP contribution is -2.18. The Morgan fingerprint density at radius 2 is 1.96 bits per heavy atom. The Labute approximate surface area is 129 Å². The minimum Gasteiger partial charge on any atom is -0.455 e. The van der Waals surface area contributed by atoms with Gasteiger partial charge in [0.05, 0.1) is 13.0 Å². The van der Waals surface area contributed by atoms with Gasteiger partial charge in [-0.05, 0) is 0 Å². The number of aromatic nitrogens is 2. The van der Waals surface area contributed by atoms with E-state index >= 15 is 0 Å². The molecule has 1 heterocycles. The number of hydrogen-bond donors (Lipinski definition) is 0. The molecule has 0 N–H and O–H groups in total. The van der Waals surface area contributed by atoms with Gasteiger partial charge in [0.25, 0.3) is 5.89 Å². The average molecular weight is 330 g/mol. The SMILES string of the molecule is O=C(CCOCC(F)(F)F)OCc1nc(-c2ccccc2)no1. The van der Waals surface area contributed by atoms with Crippen LogP contribution in [0.2, 0.25) is 0 Å². The molecule has 0 saturated carbocycles. The van der Waals surface area contributed by atoms with Crippen LogP contribution in [0.1, 0.15) is 12.3 Å². The summed E-state index contributed by atoms with van der Waals surface area (Å²) in [6.45, 7) is -2.03. The monoisotopic (exact) mass is 330 g/mol. The zero-order chi connectivity index (χ0) is 16.7. The van der Waals surface area contributed by atoms with Crippen molar-refractivity contribution in [2.45, 2.75) is 19.2 Å². The van der Waals surface area contributed by atoms with Gasteiger partial charge in [0, 0.05) is 5.56 Å². The Hall–Kier alpha value is -2.42. The lowest BCUT2D eigenvalue weighted by atomic mass is 10.2. The van der Waals surface area contributed by atoms with Gasteiger partial charge in [-0.15, -0.1) is 0 Å². The number of rotatable bonds is 7. The normalized spacial score (nSPS) is 11.4. The fraction of sp³-hybridized carbons (Fsp3) is 0.357. The second-order valence-corrected chi connectivity index (χ2v) is 4.46. The van der Waals surface area contributed by atoms with Crippen LogP contribution in [0.15, 0.2) is 34.9 Å². The van der Waals surface area contributed by atoms with E-state index in [0.29, 0.717) is 5.82 Å². The van der Waals surface area contributed by atoms with Crippen LogP contribution >= 0.6 is 0 Å². The van der Waals surface area contributed by atoms with Crippen LogP contribution < -0.4 is 0 Å². The molecule has 2 aromatic rings. The number of carbonyl (C=O) groups excluding carboxylic acids is 1. The molecule has 0 aliphatic carbocycles. The maximum Gasteiger partial charge on any atom is 0.411 e. The lowest BCUT2D eigenvalue weighted by molar-refractivity contribution is -0.176. The first kappa shape index (κ1) is 16.9. The van der Waals surface area contributed by atoms with E-state index in [2.05, 4.69) is 14.9 Å². The van der Waals surface area contributed by atoms with E-state index in [1.165, 1.54) is 0 Å². The molecule has 9 heteroatoms. The quantitative estimate of drug-likeness (QED) is 0.574. The Kier molecular flexibility index (Phi) is 5.69. The van der Waals surface area contributed by atoms with Crippen molar-refractivity contribution in [3.8, 4) is 11.4 Å². The lowest BCUT2D eigenvalue weighted by Gasteiger charge is -2.06. The Bertz CT molecular complexity index is 628. The summed E-state index contributed by atoms with van der Waals surface area (Å²) < 4.78 is 49.5. The Morgan fingerprint density at radius 1 is 1.22 bits per heavy atom. The van der Waals surface area contributed by atoms with Gasteiger partial charge >= 0.3 is 12.1 Å². The van der Waals surface area contributed by atoms with Gasteiger partial charge in [0.1, 0.15) is 6.61 Å². The first-order valence-electron chi connectivity index (χ1n) is 6.62. The topological polar surface area (TPSA) is 74.5 Å². The van der Waals surface area contributed by atoms with E-state index in [9.17, 15) is 18.0 Å². The first-order valence-corrected chi connectivity index (χ1v) is 6.62. The van der Waals surface area contributed by atoms with Crippen LogP contribution in [0, 0.1) is 0 Å². The van der Waals surface area contributed by atoms with Gasteiger partial charge in [-0.25, -0.2) is 0 Å². The van der Waals surface area contributed by atoms with E-state index in [1.54, 1.807) is 12.1 Å². The standard InChI is InChI=1S/C14H13F3N2O4/c15-14(16,17)9-21-7-6-12(20)22-8-11-18-13(19-23-11)10-4-2-1-3-5-10/h1-5H,6-9H2. The molecule has 6 nitrogen and oxygen atoms in total. The highest BCUT2D eigenvalue weighted by atomic mass is 19.4. The summed E-state index contributed by atoms with van der Waals surface area (Å²) in [5.41, 5.74) is 0.745. The van der Waals surface area contributed by atoms with Gasteiger partial charge in [-0.1, -0.05) is 35.5 Å². The molecule has 0 aliphatic heterocycles. The number of nitrogens with zero attached hydrogens (tertiary/aromatic N) is 2. The molecule has 0 spiro atoms. The second-order valence-electron chi connectivity index (χ2n) is 4.46. The maximum atomic E-state index is 11.8. The summed E-state index contributed by atoms with van der Waals surface area (Å²) in [4.78, 5) is 15.4. The van der Waals surface area contributed by atoms with E-state index < -0.39 is 18.8 Å². The molecule has 1 aromatic heterocycles. The summed E-state index contributed by atoms with van der Waals surface area (Å²) in [5.74, 6) is -0.273. The fourth-order valence-electron chi connectivity index (χ4n) is 1.58. The molecule has 0 unspecified atom stereocenters. The maximum absolute atomic E-state index is 11.8. The number of alkyl halides is 3. The van der Waals surface area contributed by atoms with Gasteiger partial charge in [-0.3, -0.25) is 4.79 Å². The molecule has 124 valence electrons. The van der Waals surface area contributed by atoms with Gasteiger partial charge < -0.3 is 14.0 Å². The molecule has 2 rings (SSSR count). The smallest absolute Gasteiger partial charge is 0.411 e.